The van der Waals surface area contributed by atoms with Gasteiger partial charge >= 0.3 is 0 Å². The van der Waals surface area contributed by atoms with Crippen LogP contribution in [0.4, 0.5) is 5.69 Å². The Morgan fingerprint density at radius 3 is 2.53 bits per heavy atom. The number of hydrogen-bond donors (Lipinski definition) is 0. The Kier molecular flexibility index (Phi) is 4.80. The van der Waals surface area contributed by atoms with Crippen molar-refractivity contribution >= 4 is 44.1 Å². The predicted molar refractivity (Wildman–Crippen MR) is 127 cm³/mol. The summed E-state index contributed by atoms with van der Waals surface area (Å²) in [6, 6.07) is 21.4. The first-order valence-electron chi connectivity index (χ1n) is 10.5. The summed E-state index contributed by atoms with van der Waals surface area (Å²) in [6.07, 6.45) is 5.42. The SMILES string of the molecule is CCC(=Cc1sc2ccccc2[n+]1CC)C=C1Oc2cc3ccccc3cc2N1C. The molecule has 0 aliphatic carbocycles. The summed E-state index contributed by atoms with van der Waals surface area (Å²) < 4.78 is 9.96. The van der Waals surface area contributed by atoms with Crippen molar-refractivity contribution in [2.24, 2.45) is 0 Å². The van der Waals surface area contributed by atoms with E-state index in [0.29, 0.717) is 0 Å². The van der Waals surface area contributed by atoms with Crippen LogP contribution in [0, 0.1) is 0 Å². The third-order valence-corrected chi connectivity index (χ3v) is 6.83. The minimum absolute atomic E-state index is 0.873. The van der Waals surface area contributed by atoms with Gasteiger partial charge in [-0.1, -0.05) is 54.7 Å². The summed E-state index contributed by atoms with van der Waals surface area (Å²) in [5.74, 6) is 1.79. The molecule has 0 radical (unpaired) electrons. The molecule has 1 aliphatic rings. The van der Waals surface area contributed by atoms with Crippen molar-refractivity contribution in [2.45, 2.75) is 26.8 Å². The Balaban J connectivity index is 1.54. The van der Waals surface area contributed by atoms with Crippen LogP contribution in [0.2, 0.25) is 0 Å². The van der Waals surface area contributed by atoms with E-state index in [0.717, 1.165) is 30.3 Å². The first-order chi connectivity index (χ1) is 14.7. The van der Waals surface area contributed by atoms with Gasteiger partial charge in [-0.3, -0.25) is 0 Å². The highest BCUT2D eigenvalue weighted by Gasteiger charge is 2.24. The van der Waals surface area contributed by atoms with Crippen molar-refractivity contribution < 1.29 is 9.30 Å². The lowest BCUT2D eigenvalue weighted by Gasteiger charge is -2.12. The first kappa shape index (κ1) is 18.9. The van der Waals surface area contributed by atoms with Gasteiger partial charge in [0.1, 0.15) is 11.2 Å². The average molecular weight is 414 g/mol. The zero-order valence-corrected chi connectivity index (χ0v) is 18.4. The lowest BCUT2D eigenvalue weighted by molar-refractivity contribution is -0.665. The highest BCUT2D eigenvalue weighted by Crippen LogP contribution is 2.41. The van der Waals surface area contributed by atoms with Crippen molar-refractivity contribution in [3.05, 3.63) is 83.2 Å². The van der Waals surface area contributed by atoms with E-state index in [1.54, 1.807) is 0 Å². The molecule has 3 aromatic carbocycles. The molecular weight excluding hydrogens is 388 g/mol. The van der Waals surface area contributed by atoms with Gasteiger partial charge in [0.15, 0.2) is 5.75 Å². The summed E-state index contributed by atoms with van der Waals surface area (Å²) in [4.78, 5) is 2.14. The molecule has 0 fully saturated rings. The molecule has 0 atom stereocenters. The van der Waals surface area contributed by atoms with Gasteiger partial charge in [0, 0.05) is 25.3 Å². The standard InChI is InChI=1S/C26H25N2OS/c1-4-18(15-26-28(5-2)21-12-8-9-13-24(21)30-26)14-25-27(3)22-16-19-10-6-7-11-20(19)17-23(22)29-25/h6-17H,4-5H2,1-3H3/q+1. The van der Waals surface area contributed by atoms with Crippen molar-refractivity contribution in [3.8, 4) is 5.75 Å². The molecule has 30 heavy (non-hydrogen) atoms. The van der Waals surface area contributed by atoms with Gasteiger partial charge in [-0.2, -0.15) is 4.57 Å². The van der Waals surface area contributed by atoms with Gasteiger partial charge in [-0.25, -0.2) is 0 Å². The minimum atomic E-state index is 0.873. The van der Waals surface area contributed by atoms with Crippen molar-refractivity contribution in [1.29, 1.82) is 0 Å². The largest absolute Gasteiger partial charge is 0.439 e. The second-order valence-electron chi connectivity index (χ2n) is 7.54. The summed E-state index contributed by atoms with van der Waals surface area (Å²) in [7, 11) is 2.07. The van der Waals surface area contributed by atoms with Crippen molar-refractivity contribution in [2.75, 3.05) is 11.9 Å². The maximum absolute atomic E-state index is 6.26. The lowest BCUT2D eigenvalue weighted by Crippen LogP contribution is -2.33. The predicted octanol–water partition coefficient (Wildman–Crippen LogP) is 6.53. The van der Waals surface area contributed by atoms with Gasteiger partial charge < -0.3 is 9.64 Å². The molecule has 150 valence electrons. The van der Waals surface area contributed by atoms with Crippen LogP contribution in [0.15, 0.2) is 78.2 Å². The molecule has 4 aromatic rings. The molecule has 1 aromatic heterocycles. The molecule has 0 spiro atoms. The molecule has 0 amide bonds. The summed E-state index contributed by atoms with van der Waals surface area (Å²) in [6.45, 7) is 5.36. The number of fused-ring (bicyclic) bond motifs is 3. The number of aryl methyl sites for hydroxylation is 1. The molecular formula is C26H25N2OS+. The summed E-state index contributed by atoms with van der Waals surface area (Å²) in [5.41, 5.74) is 3.66. The fourth-order valence-electron chi connectivity index (χ4n) is 4.03. The molecule has 0 bridgehead atoms. The lowest BCUT2D eigenvalue weighted by atomic mass is 10.1. The van der Waals surface area contributed by atoms with Gasteiger partial charge in [0.25, 0.3) is 5.01 Å². The number of ether oxygens (including phenoxy) is 1. The van der Waals surface area contributed by atoms with Crippen LogP contribution in [0.25, 0.3) is 27.1 Å². The van der Waals surface area contributed by atoms with Gasteiger partial charge in [0.05, 0.1) is 5.69 Å². The molecule has 5 rings (SSSR count). The Morgan fingerprint density at radius 2 is 1.77 bits per heavy atom. The number of hydrogen-bond acceptors (Lipinski definition) is 3. The first-order valence-corrected chi connectivity index (χ1v) is 11.3. The summed E-state index contributed by atoms with van der Waals surface area (Å²) in [5, 5.41) is 3.70. The topological polar surface area (TPSA) is 16.4 Å². The van der Waals surface area contributed by atoms with Crippen LogP contribution in [0.5, 0.6) is 5.75 Å². The molecule has 0 N–H and O–H groups in total. The third-order valence-electron chi connectivity index (χ3n) is 5.71. The van der Waals surface area contributed by atoms with Crippen molar-refractivity contribution in [3.63, 3.8) is 0 Å². The maximum Gasteiger partial charge on any atom is 0.263 e. The second-order valence-corrected chi connectivity index (χ2v) is 8.60. The van der Waals surface area contributed by atoms with E-state index in [2.05, 4.69) is 103 Å². The number of para-hydroxylation sites is 1. The van der Waals surface area contributed by atoms with E-state index in [1.807, 2.05) is 11.3 Å². The normalized spacial score (nSPS) is 15.2. The van der Waals surface area contributed by atoms with E-state index < -0.39 is 0 Å². The minimum Gasteiger partial charge on any atom is -0.439 e. The van der Waals surface area contributed by atoms with E-state index in [-0.39, 0.29) is 0 Å². The number of nitrogens with zero attached hydrogens (tertiary/aromatic N) is 2. The smallest absolute Gasteiger partial charge is 0.263 e. The van der Waals surface area contributed by atoms with E-state index in [9.17, 15) is 0 Å². The van der Waals surface area contributed by atoms with Gasteiger partial charge in [-0.15, -0.1) is 0 Å². The van der Waals surface area contributed by atoms with E-state index >= 15 is 0 Å². The number of aromatic nitrogens is 1. The maximum atomic E-state index is 6.26. The van der Waals surface area contributed by atoms with Crippen LogP contribution in [-0.4, -0.2) is 7.05 Å². The average Bonchev–Trinajstić information content (AvgIpc) is 3.28. The molecule has 4 heteroatoms. The fraction of sp³-hybridized carbons (Fsp3) is 0.192. The number of benzene rings is 3. The van der Waals surface area contributed by atoms with Crippen LogP contribution in [-0.2, 0) is 6.54 Å². The van der Waals surface area contributed by atoms with Crippen LogP contribution in [0.3, 0.4) is 0 Å². The van der Waals surface area contributed by atoms with Crippen LogP contribution in [0.1, 0.15) is 25.3 Å². The number of allylic oxidation sites excluding steroid dienone is 2. The Hall–Kier alpha value is -3.11. The molecule has 0 unspecified atom stereocenters. The quantitative estimate of drug-likeness (QED) is 0.354. The Labute approximate surface area is 181 Å². The number of rotatable bonds is 4. The molecule has 3 nitrogen and oxygen atoms in total. The number of thiazole rings is 1. The van der Waals surface area contributed by atoms with Gasteiger partial charge in [0.2, 0.25) is 11.4 Å². The summed E-state index contributed by atoms with van der Waals surface area (Å²) >= 11 is 1.84. The van der Waals surface area contributed by atoms with E-state index in [4.69, 9.17) is 4.74 Å². The monoisotopic (exact) mass is 413 g/mol. The third kappa shape index (κ3) is 3.17. The zero-order valence-electron chi connectivity index (χ0n) is 17.6. The Bertz CT molecular complexity index is 1320. The molecule has 1 aliphatic heterocycles. The van der Waals surface area contributed by atoms with E-state index in [1.165, 1.54) is 31.6 Å². The Morgan fingerprint density at radius 1 is 1.03 bits per heavy atom. The van der Waals surface area contributed by atoms with Gasteiger partial charge in [-0.05, 0) is 47.9 Å². The highest BCUT2D eigenvalue weighted by atomic mass is 32.1. The second kappa shape index (κ2) is 7.62. The van der Waals surface area contributed by atoms with Crippen molar-refractivity contribution in [1.82, 2.24) is 0 Å². The number of anilines is 1. The fourth-order valence-corrected chi connectivity index (χ4v) is 5.23. The zero-order chi connectivity index (χ0) is 20.7. The van der Waals surface area contributed by atoms with Crippen LogP contribution >= 0.6 is 11.3 Å². The highest BCUT2D eigenvalue weighted by molar-refractivity contribution is 7.18. The molecule has 0 saturated heterocycles. The molecule has 0 saturated carbocycles. The molecule has 2 heterocycles. The van der Waals surface area contributed by atoms with Crippen LogP contribution < -0.4 is 14.2 Å².